The molecule has 1 aliphatic rings. The van der Waals surface area contributed by atoms with Gasteiger partial charge in [-0.05, 0) is 17.7 Å². The van der Waals surface area contributed by atoms with E-state index in [0.717, 1.165) is 5.56 Å². The number of hydrogen-bond acceptors (Lipinski definition) is 8. The van der Waals surface area contributed by atoms with E-state index in [1.165, 1.54) is 6.33 Å². The van der Waals surface area contributed by atoms with Crippen LogP contribution in [0, 0.1) is 11.8 Å². The molecular formula is C22H21F3N6O4. The molecule has 0 spiro atoms. The Balaban J connectivity index is 1.37. The molecule has 3 atom stereocenters. The van der Waals surface area contributed by atoms with E-state index in [1.807, 2.05) is 0 Å². The summed E-state index contributed by atoms with van der Waals surface area (Å²) in [6, 6.07) is 7.01. The maximum Gasteiger partial charge on any atom is 0.471 e. The lowest BCUT2D eigenvalue weighted by molar-refractivity contribution is -0.173. The molecule has 0 bridgehead atoms. The molecule has 2 aromatic heterocycles. The van der Waals surface area contributed by atoms with Crippen molar-refractivity contribution < 1.29 is 32.9 Å². The second kappa shape index (κ2) is 10.3. The van der Waals surface area contributed by atoms with Crippen LogP contribution in [-0.4, -0.2) is 67.2 Å². The molecule has 35 heavy (non-hydrogen) atoms. The summed E-state index contributed by atoms with van der Waals surface area (Å²) in [6.45, 7) is -0.297. The van der Waals surface area contributed by atoms with Gasteiger partial charge >= 0.3 is 12.1 Å². The number of anilines is 1. The number of carbonyl (C=O) groups is 1. The van der Waals surface area contributed by atoms with E-state index in [2.05, 4.69) is 32.1 Å². The lowest BCUT2D eigenvalue weighted by Crippen LogP contribution is -2.36. The number of benzene rings is 1. The fourth-order valence-corrected chi connectivity index (χ4v) is 3.50. The number of imidazole rings is 1. The number of aliphatic hydroxyl groups excluding tert-OH is 2. The molecule has 1 amide bonds. The summed E-state index contributed by atoms with van der Waals surface area (Å²) < 4.78 is 43.8. The number of alkyl halides is 3. The molecule has 0 aliphatic carbocycles. The van der Waals surface area contributed by atoms with Crippen molar-refractivity contribution in [3.63, 3.8) is 0 Å². The quantitative estimate of drug-likeness (QED) is 0.378. The van der Waals surface area contributed by atoms with Gasteiger partial charge in [0.15, 0.2) is 17.0 Å². The summed E-state index contributed by atoms with van der Waals surface area (Å²) in [5, 5.41) is 24.2. The topological polar surface area (TPSA) is 134 Å². The molecule has 0 radical (unpaired) electrons. The largest absolute Gasteiger partial charge is 0.471 e. The summed E-state index contributed by atoms with van der Waals surface area (Å²) in [5.41, 5.74) is 2.50. The Hall–Kier alpha value is -3.73. The van der Waals surface area contributed by atoms with E-state index >= 15 is 0 Å². The van der Waals surface area contributed by atoms with Gasteiger partial charge < -0.3 is 25.6 Å². The first kappa shape index (κ1) is 24.4. The number of ether oxygens (including phenoxy) is 1. The van der Waals surface area contributed by atoms with Crippen LogP contribution in [0.4, 0.5) is 19.0 Å². The number of nitrogens with zero attached hydrogens (tertiary/aromatic N) is 4. The molecule has 4 rings (SSSR count). The Kier molecular flexibility index (Phi) is 7.15. The molecule has 1 saturated heterocycles. The molecule has 13 heteroatoms. The van der Waals surface area contributed by atoms with E-state index in [1.54, 1.807) is 40.5 Å². The van der Waals surface area contributed by atoms with Gasteiger partial charge in [-0.1, -0.05) is 24.0 Å². The lowest BCUT2D eigenvalue weighted by Gasteiger charge is -2.13. The number of nitrogens with one attached hydrogen (secondary N) is 2. The number of amides is 1. The van der Waals surface area contributed by atoms with E-state index in [0.29, 0.717) is 35.5 Å². The molecule has 1 unspecified atom stereocenters. The zero-order chi connectivity index (χ0) is 25.0. The van der Waals surface area contributed by atoms with E-state index in [4.69, 9.17) is 4.74 Å². The smallest absolute Gasteiger partial charge is 0.394 e. The average molecular weight is 490 g/mol. The Labute approximate surface area is 197 Å². The van der Waals surface area contributed by atoms with Crippen LogP contribution < -0.4 is 10.6 Å². The molecule has 1 fully saturated rings. The molecule has 1 aromatic carbocycles. The van der Waals surface area contributed by atoms with Crippen LogP contribution in [0.2, 0.25) is 0 Å². The normalized spacial score (nSPS) is 19.9. The number of hydrogen-bond donors (Lipinski definition) is 4. The Morgan fingerprint density at radius 3 is 2.69 bits per heavy atom. The maximum atomic E-state index is 12.1. The summed E-state index contributed by atoms with van der Waals surface area (Å²) >= 11 is 0. The highest BCUT2D eigenvalue weighted by Gasteiger charge is 2.38. The lowest BCUT2D eigenvalue weighted by atomic mass is 10.1. The van der Waals surface area contributed by atoms with Gasteiger partial charge in [0.05, 0.1) is 25.6 Å². The van der Waals surface area contributed by atoms with E-state index < -0.39 is 37.1 Å². The van der Waals surface area contributed by atoms with Crippen LogP contribution in [0.5, 0.6) is 0 Å². The van der Waals surface area contributed by atoms with Crippen molar-refractivity contribution in [2.45, 2.75) is 37.6 Å². The fourth-order valence-electron chi connectivity index (χ4n) is 3.50. The summed E-state index contributed by atoms with van der Waals surface area (Å²) in [4.78, 5) is 23.6. The molecule has 4 N–H and O–H groups in total. The number of aliphatic hydroxyl groups is 2. The first-order valence-corrected chi connectivity index (χ1v) is 10.5. The molecule has 3 heterocycles. The predicted molar refractivity (Wildman–Crippen MR) is 117 cm³/mol. The molecule has 10 nitrogen and oxygen atoms in total. The van der Waals surface area contributed by atoms with Gasteiger partial charge in [-0.25, -0.2) is 15.0 Å². The van der Waals surface area contributed by atoms with Gasteiger partial charge in [-0.15, -0.1) is 0 Å². The first-order chi connectivity index (χ1) is 16.8. The monoisotopic (exact) mass is 490 g/mol. The van der Waals surface area contributed by atoms with E-state index in [-0.39, 0.29) is 6.61 Å². The van der Waals surface area contributed by atoms with Crippen molar-refractivity contribution in [3.05, 3.63) is 48.0 Å². The molecule has 1 aliphatic heterocycles. The minimum Gasteiger partial charge on any atom is -0.394 e. The third-order valence-corrected chi connectivity index (χ3v) is 5.29. The minimum atomic E-state index is -4.93. The third kappa shape index (κ3) is 5.68. The maximum absolute atomic E-state index is 12.1. The second-order valence-corrected chi connectivity index (χ2v) is 7.69. The number of fused-ring (bicyclic) bond motifs is 1. The van der Waals surface area contributed by atoms with Gasteiger partial charge in [-0.2, -0.15) is 13.2 Å². The van der Waals surface area contributed by atoms with Crippen LogP contribution in [-0.2, 0) is 16.1 Å². The highest BCUT2D eigenvalue weighted by molar-refractivity contribution is 5.83. The van der Waals surface area contributed by atoms with Crippen molar-refractivity contribution in [1.82, 2.24) is 24.8 Å². The molecule has 0 saturated carbocycles. The van der Waals surface area contributed by atoms with Gasteiger partial charge in [0.25, 0.3) is 0 Å². The van der Waals surface area contributed by atoms with Gasteiger partial charge in [-0.3, -0.25) is 9.36 Å². The number of carbonyl (C=O) groups excluding carboxylic acids is 1. The molecule has 3 aromatic rings. The number of aromatic nitrogens is 4. The van der Waals surface area contributed by atoms with Gasteiger partial charge in [0.1, 0.15) is 18.7 Å². The van der Waals surface area contributed by atoms with Crippen molar-refractivity contribution in [2.75, 3.05) is 18.5 Å². The van der Waals surface area contributed by atoms with E-state index in [9.17, 15) is 28.2 Å². The molecular weight excluding hydrogens is 469 g/mol. The SMILES string of the molecule is O=C(NCC#Cc1ccc(CNc2ncnc3c2ncn3[C@H]2CC(O)[C@@H](CO)O2)cc1)C(F)(F)F. The van der Waals surface area contributed by atoms with Crippen molar-refractivity contribution in [3.8, 4) is 11.8 Å². The summed E-state index contributed by atoms with van der Waals surface area (Å²) in [5.74, 6) is 3.62. The van der Waals surface area contributed by atoms with Crippen molar-refractivity contribution in [2.24, 2.45) is 0 Å². The number of rotatable bonds is 6. The minimum absolute atomic E-state index is 0.287. The van der Waals surface area contributed by atoms with Crippen LogP contribution in [0.15, 0.2) is 36.9 Å². The highest BCUT2D eigenvalue weighted by atomic mass is 19.4. The Bertz CT molecular complexity index is 1250. The third-order valence-electron chi connectivity index (χ3n) is 5.29. The van der Waals surface area contributed by atoms with Gasteiger partial charge in [0, 0.05) is 18.5 Å². The average Bonchev–Trinajstić information content (AvgIpc) is 3.43. The predicted octanol–water partition coefficient (Wildman–Crippen LogP) is 1.11. The van der Waals surface area contributed by atoms with Crippen LogP contribution in [0.1, 0.15) is 23.8 Å². The standard InChI is InChI=1S/C22H21F3N6O4/c23-22(24,25)21(34)26-7-1-2-13-3-5-14(6-4-13)9-27-19-18-20(29-11-28-19)31(12-30-18)17-8-15(33)16(10-32)35-17/h3-6,11-12,15-17,32-33H,7-10H2,(H,26,34)(H,27,28,29)/t15?,16-,17-/m1/s1. The van der Waals surface area contributed by atoms with Crippen LogP contribution in [0.3, 0.4) is 0 Å². The Morgan fingerprint density at radius 2 is 2.00 bits per heavy atom. The zero-order valence-corrected chi connectivity index (χ0v) is 18.2. The van der Waals surface area contributed by atoms with Crippen LogP contribution >= 0.6 is 0 Å². The Morgan fingerprint density at radius 1 is 1.23 bits per heavy atom. The van der Waals surface area contributed by atoms with Crippen LogP contribution in [0.25, 0.3) is 11.2 Å². The molecule has 184 valence electrons. The van der Waals surface area contributed by atoms with Crippen molar-refractivity contribution in [1.29, 1.82) is 0 Å². The first-order valence-electron chi connectivity index (χ1n) is 10.5. The zero-order valence-electron chi connectivity index (χ0n) is 18.2. The summed E-state index contributed by atoms with van der Waals surface area (Å²) in [7, 11) is 0. The fraction of sp³-hybridized carbons (Fsp3) is 0.364. The number of halogens is 3. The van der Waals surface area contributed by atoms with Gasteiger partial charge in [0.2, 0.25) is 0 Å². The highest BCUT2D eigenvalue weighted by Crippen LogP contribution is 2.31. The van der Waals surface area contributed by atoms with Crippen molar-refractivity contribution >= 4 is 22.9 Å². The second-order valence-electron chi connectivity index (χ2n) is 7.69. The summed E-state index contributed by atoms with van der Waals surface area (Å²) in [6.07, 6.45) is -3.66.